The molecule has 1 aromatic heterocycles. The number of para-hydroxylation sites is 1. The number of ether oxygens (including phenoxy) is 1. The molecule has 0 saturated carbocycles. The lowest BCUT2D eigenvalue weighted by Gasteiger charge is -2.06. The van der Waals surface area contributed by atoms with Gasteiger partial charge >= 0.3 is 0 Å². The van der Waals surface area contributed by atoms with Crippen LogP contribution in [0.1, 0.15) is 21.6 Å². The summed E-state index contributed by atoms with van der Waals surface area (Å²) < 4.78 is 7.47. The van der Waals surface area contributed by atoms with Gasteiger partial charge in [-0.05, 0) is 52.2 Å². The van der Waals surface area contributed by atoms with Crippen molar-refractivity contribution in [1.82, 2.24) is 9.78 Å². The molecule has 5 nitrogen and oxygen atoms in total. The molecule has 156 valence electrons. The average Bonchev–Trinajstić information content (AvgIpc) is 3.44. The molecule has 32 heavy (non-hydrogen) atoms. The molecule has 1 aliphatic heterocycles. The molecule has 0 spiro atoms. The van der Waals surface area contributed by atoms with Gasteiger partial charge < -0.3 is 10.1 Å². The van der Waals surface area contributed by atoms with Crippen molar-refractivity contribution in [3.63, 3.8) is 0 Å². The molecule has 5 aromatic rings. The van der Waals surface area contributed by atoms with E-state index < -0.39 is 0 Å². The van der Waals surface area contributed by atoms with Crippen molar-refractivity contribution in [2.75, 3.05) is 11.9 Å². The van der Waals surface area contributed by atoms with E-state index >= 15 is 0 Å². The first-order valence-electron chi connectivity index (χ1n) is 10.7. The summed E-state index contributed by atoms with van der Waals surface area (Å²) in [5.74, 6) is 0.686. The van der Waals surface area contributed by atoms with Gasteiger partial charge in [-0.25, -0.2) is 0 Å². The van der Waals surface area contributed by atoms with Gasteiger partial charge in [0.25, 0.3) is 5.91 Å². The Labute approximate surface area is 185 Å². The van der Waals surface area contributed by atoms with Crippen molar-refractivity contribution < 1.29 is 9.53 Å². The molecule has 0 bridgehead atoms. The van der Waals surface area contributed by atoms with Gasteiger partial charge in [-0.2, -0.15) is 5.10 Å². The standard InChI is InChI=1S/C27H21N3O2/c31-27(28-22-11-12-25-21(16-22)13-14-32-25)26-23-7-3-4-8-24(23)30(29-26)17-18-9-10-19-5-1-2-6-20(19)15-18/h1-12,15-16H,13-14,17H2,(H,28,31). The van der Waals surface area contributed by atoms with Crippen LogP contribution in [0.4, 0.5) is 5.69 Å². The largest absolute Gasteiger partial charge is 0.493 e. The summed E-state index contributed by atoms with van der Waals surface area (Å²) in [6.07, 6.45) is 0.863. The number of carbonyl (C=O) groups excluding carboxylic acids is 1. The fraction of sp³-hybridized carbons (Fsp3) is 0.111. The molecule has 0 aliphatic carbocycles. The molecule has 1 N–H and O–H groups in total. The second-order valence-corrected chi connectivity index (χ2v) is 8.08. The van der Waals surface area contributed by atoms with Crippen LogP contribution in [0.15, 0.2) is 84.9 Å². The second kappa shape index (κ2) is 7.54. The number of aromatic nitrogens is 2. The van der Waals surface area contributed by atoms with Gasteiger partial charge in [0, 0.05) is 17.5 Å². The minimum Gasteiger partial charge on any atom is -0.493 e. The van der Waals surface area contributed by atoms with E-state index in [9.17, 15) is 4.79 Å². The van der Waals surface area contributed by atoms with E-state index in [1.807, 2.05) is 59.3 Å². The number of amides is 1. The first-order chi connectivity index (χ1) is 15.7. The minimum absolute atomic E-state index is 0.211. The van der Waals surface area contributed by atoms with Gasteiger partial charge in [0.15, 0.2) is 5.69 Å². The van der Waals surface area contributed by atoms with Crippen molar-refractivity contribution in [3.8, 4) is 5.75 Å². The third kappa shape index (κ3) is 3.28. The number of nitrogens with one attached hydrogen (secondary N) is 1. The zero-order valence-electron chi connectivity index (χ0n) is 17.4. The van der Waals surface area contributed by atoms with Gasteiger partial charge in [0.2, 0.25) is 0 Å². The number of benzene rings is 4. The summed E-state index contributed by atoms with van der Waals surface area (Å²) in [6, 6.07) is 28.4. The Morgan fingerprint density at radius 3 is 2.72 bits per heavy atom. The van der Waals surface area contributed by atoms with Crippen molar-refractivity contribution in [2.45, 2.75) is 13.0 Å². The predicted molar refractivity (Wildman–Crippen MR) is 126 cm³/mol. The van der Waals surface area contributed by atoms with Crippen LogP contribution in [-0.4, -0.2) is 22.3 Å². The zero-order chi connectivity index (χ0) is 21.5. The van der Waals surface area contributed by atoms with Crippen molar-refractivity contribution in [3.05, 3.63) is 102 Å². The number of fused-ring (bicyclic) bond motifs is 3. The molecular formula is C27H21N3O2. The molecule has 4 aromatic carbocycles. The summed E-state index contributed by atoms with van der Waals surface area (Å²) in [5, 5.41) is 11.0. The quantitative estimate of drug-likeness (QED) is 0.423. The van der Waals surface area contributed by atoms with Crippen molar-refractivity contribution >= 4 is 33.3 Å². The van der Waals surface area contributed by atoms with E-state index in [2.05, 4.69) is 35.6 Å². The summed E-state index contributed by atoms with van der Waals surface area (Å²) in [5.41, 5.74) is 4.38. The summed E-state index contributed by atoms with van der Waals surface area (Å²) in [7, 11) is 0. The number of rotatable bonds is 4. The molecule has 0 atom stereocenters. The lowest BCUT2D eigenvalue weighted by Crippen LogP contribution is -2.14. The highest BCUT2D eigenvalue weighted by Crippen LogP contribution is 2.28. The van der Waals surface area contributed by atoms with Gasteiger partial charge in [0.05, 0.1) is 18.7 Å². The highest BCUT2D eigenvalue weighted by Gasteiger charge is 2.19. The normalized spacial score (nSPS) is 12.6. The maximum absolute atomic E-state index is 13.2. The van der Waals surface area contributed by atoms with E-state index in [1.54, 1.807) is 0 Å². The molecular weight excluding hydrogens is 398 g/mol. The molecule has 1 amide bonds. The monoisotopic (exact) mass is 419 g/mol. The smallest absolute Gasteiger partial charge is 0.276 e. The fourth-order valence-electron chi connectivity index (χ4n) is 4.38. The van der Waals surface area contributed by atoms with E-state index in [0.717, 1.165) is 39.9 Å². The fourth-order valence-corrected chi connectivity index (χ4v) is 4.38. The van der Waals surface area contributed by atoms with Gasteiger partial charge in [-0.1, -0.05) is 54.6 Å². The molecule has 1 aliphatic rings. The van der Waals surface area contributed by atoms with Crippen molar-refractivity contribution in [1.29, 1.82) is 0 Å². The topological polar surface area (TPSA) is 56.1 Å². The molecule has 2 heterocycles. The van der Waals surface area contributed by atoms with Gasteiger partial charge in [-0.15, -0.1) is 0 Å². The third-order valence-corrected chi connectivity index (χ3v) is 5.97. The van der Waals surface area contributed by atoms with E-state index in [0.29, 0.717) is 18.8 Å². The second-order valence-electron chi connectivity index (χ2n) is 8.08. The summed E-state index contributed by atoms with van der Waals surface area (Å²) >= 11 is 0. The van der Waals surface area contributed by atoms with Crippen LogP contribution >= 0.6 is 0 Å². The Hall–Kier alpha value is -4.12. The van der Waals surface area contributed by atoms with Crippen LogP contribution in [0.3, 0.4) is 0 Å². The lowest BCUT2D eigenvalue weighted by atomic mass is 10.1. The predicted octanol–water partition coefficient (Wildman–Crippen LogP) is 5.43. The molecule has 0 unspecified atom stereocenters. The molecule has 0 radical (unpaired) electrons. The zero-order valence-corrected chi connectivity index (χ0v) is 17.4. The highest BCUT2D eigenvalue weighted by molar-refractivity contribution is 6.11. The lowest BCUT2D eigenvalue weighted by molar-refractivity contribution is 0.102. The van der Waals surface area contributed by atoms with Gasteiger partial charge in [0.1, 0.15) is 5.75 Å². The SMILES string of the molecule is O=C(Nc1ccc2c(c1)CCO2)c1nn(Cc2ccc3ccccc3c2)c2ccccc12. The Morgan fingerprint density at radius 2 is 1.78 bits per heavy atom. The number of hydrogen-bond donors (Lipinski definition) is 1. The number of anilines is 1. The summed E-state index contributed by atoms with van der Waals surface area (Å²) in [4.78, 5) is 13.2. The maximum Gasteiger partial charge on any atom is 0.276 e. The highest BCUT2D eigenvalue weighted by atomic mass is 16.5. The molecule has 0 fully saturated rings. The Bertz CT molecular complexity index is 1490. The van der Waals surface area contributed by atoms with Crippen LogP contribution in [0, 0.1) is 0 Å². The molecule has 6 rings (SSSR count). The number of nitrogens with zero attached hydrogens (tertiary/aromatic N) is 2. The molecule has 0 saturated heterocycles. The van der Waals surface area contributed by atoms with Crippen LogP contribution < -0.4 is 10.1 Å². The Morgan fingerprint density at radius 1 is 0.938 bits per heavy atom. The van der Waals surface area contributed by atoms with Crippen molar-refractivity contribution in [2.24, 2.45) is 0 Å². The Balaban J connectivity index is 1.33. The van der Waals surface area contributed by atoms with Gasteiger partial charge in [-0.3, -0.25) is 9.48 Å². The first kappa shape index (κ1) is 18.6. The maximum atomic E-state index is 13.2. The average molecular weight is 419 g/mol. The number of hydrogen-bond acceptors (Lipinski definition) is 3. The third-order valence-electron chi connectivity index (χ3n) is 5.97. The molecule has 5 heteroatoms. The Kier molecular flexibility index (Phi) is 4.39. The first-order valence-corrected chi connectivity index (χ1v) is 10.7. The van der Waals surface area contributed by atoms with E-state index in [1.165, 1.54) is 10.8 Å². The van der Waals surface area contributed by atoms with Crippen LogP contribution in [0.25, 0.3) is 21.7 Å². The van der Waals surface area contributed by atoms with Crippen LogP contribution in [0.5, 0.6) is 5.75 Å². The van der Waals surface area contributed by atoms with E-state index in [-0.39, 0.29) is 5.91 Å². The van der Waals surface area contributed by atoms with Crippen LogP contribution in [-0.2, 0) is 13.0 Å². The minimum atomic E-state index is -0.211. The van der Waals surface area contributed by atoms with Crippen LogP contribution in [0.2, 0.25) is 0 Å². The van der Waals surface area contributed by atoms with E-state index in [4.69, 9.17) is 9.84 Å². The summed E-state index contributed by atoms with van der Waals surface area (Å²) in [6.45, 7) is 1.28. The number of carbonyl (C=O) groups is 1.